The van der Waals surface area contributed by atoms with Crippen molar-refractivity contribution >= 4 is 22.1 Å². The maximum Gasteiger partial charge on any atom is 0.193 e. The molecular formula is C13H11N3OS. The molecule has 0 atom stereocenters. The standard InChI is InChI=1S/C13H11N3OS/c17-12(7-10-1-3-14-4-2-10)8-11-9-16-5-6-18-13(16)15-11/h1-6,9H,7-8H2. The van der Waals surface area contributed by atoms with Gasteiger partial charge in [0.25, 0.3) is 0 Å². The first kappa shape index (κ1) is 11.1. The highest BCUT2D eigenvalue weighted by Crippen LogP contribution is 2.12. The fourth-order valence-electron chi connectivity index (χ4n) is 1.85. The van der Waals surface area contributed by atoms with Gasteiger partial charge in [-0.15, -0.1) is 11.3 Å². The maximum atomic E-state index is 11.9. The molecule has 0 aliphatic heterocycles. The van der Waals surface area contributed by atoms with Gasteiger partial charge in [0.15, 0.2) is 4.96 Å². The monoisotopic (exact) mass is 257 g/mol. The van der Waals surface area contributed by atoms with Crippen LogP contribution in [0, 0.1) is 0 Å². The zero-order valence-corrected chi connectivity index (χ0v) is 10.4. The van der Waals surface area contributed by atoms with Crippen LogP contribution in [0.1, 0.15) is 11.3 Å². The average molecular weight is 257 g/mol. The number of carbonyl (C=O) groups excluding carboxylic acids is 1. The zero-order chi connectivity index (χ0) is 12.4. The molecule has 3 aromatic rings. The number of Topliss-reactive ketones (excluding diaryl/α,β-unsaturated/α-hetero) is 1. The minimum Gasteiger partial charge on any atom is -0.299 e. The molecule has 0 saturated heterocycles. The fourth-order valence-corrected chi connectivity index (χ4v) is 2.57. The van der Waals surface area contributed by atoms with E-state index in [1.54, 1.807) is 23.7 Å². The zero-order valence-electron chi connectivity index (χ0n) is 9.61. The van der Waals surface area contributed by atoms with Gasteiger partial charge in [-0.25, -0.2) is 4.98 Å². The summed E-state index contributed by atoms with van der Waals surface area (Å²) < 4.78 is 1.94. The van der Waals surface area contributed by atoms with Crippen molar-refractivity contribution in [2.75, 3.05) is 0 Å². The number of aromatic nitrogens is 3. The number of pyridine rings is 1. The average Bonchev–Trinajstić information content (AvgIpc) is 2.90. The summed E-state index contributed by atoms with van der Waals surface area (Å²) in [5, 5.41) is 1.98. The number of carbonyl (C=O) groups is 1. The SMILES string of the molecule is O=C(Cc1ccncc1)Cc1cn2ccsc2n1. The molecule has 0 saturated carbocycles. The molecule has 0 bridgehead atoms. The van der Waals surface area contributed by atoms with Crippen LogP contribution in [0.2, 0.25) is 0 Å². The lowest BCUT2D eigenvalue weighted by Gasteiger charge is -1.98. The second kappa shape index (κ2) is 4.70. The maximum absolute atomic E-state index is 11.9. The Morgan fingerprint density at radius 1 is 1.28 bits per heavy atom. The summed E-state index contributed by atoms with van der Waals surface area (Å²) in [6.45, 7) is 0. The van der Waals surface area contributed by atoms with Gasteiger partial charge in [-0.3, -0.25) is 14.2 Å². The van der Waals surface area contributed by atoms with E-state index in [1.165, 1.54) is 0 Å². The molecule has 3 rings (SSSR count). The van der Waals surface area contributed by atoms with E-state index in [0.717, 1.165) is 16.2 Å². The second-order valence-corrected chi connectivity index (χ2v) is 4.95. The Morgan fingerprint density at radius 3 is 2.89 bits per heavy atom. The van der Waals surface area contributed by atoms with Crippen LogP contribution in [-0.4, -0.2) is 20.2 Å². The third kappa shape index (κ3) is 2.31. The van der Waals surface area contributed by atoms with E-state index >= 15 is 0 Å². The van der Waals surface area contributed by atoms with E-state index in [0.29, 0.717) is 12.8 Å². The normalized spacial score (nSPS) is 10.9. The third-order valence-electron chi connectivity index (χ3n) is 2.67. The van der Waals surface area contributed by atoms with Crippen LogP contribution in [0.25, 0.3) is 4.96 Å². The molecule has 0 unspecified atom stereocenters. The van der Waals surface area contributed by atoms with E-state index in [-0.39, 0.29) is 5.78 Å². The van der Waals surface area contributed by atoms with Crippen molar-refractivity contribution in [3.63, 3.8) is 0 Å². The molecule has 0 spiro atoms. The molecule has 0 aliphatic carbocycles. The van der Waals surface area contributed by atoms with Gasteiger partial charge in [0.2, 0.25) is 0 Å². The Bertz CT molecular complexity index is 643. The van der Waals surface area contributed by atoms with Gasteiger partial charge < -0.3 is 0 Å². The lowest BCUT2D eigenvalue weighted by molar-refractivity contribution is -0.117. The molecular weight excluding hydrogens is 246 g/mol. The largest absolute Gasteiger partial charge is 0.299 e. The van der Waals surface area contributed by atoms with Crippen LogP contribution in [0.4, 0.5) is 0 Å². The van der Waals surface area contributed by atoms with Gasteiger partial charge in [0.05, 0.1) is 12.1 Å². The van der Waals surface area contributed by atoms with Crippen molar-refractivity contribution in [3.8, 4) is 0 Å². The molecule has 90 valence electrons. The van der Waals surface area contributed by atoms with Gasteiger partial charge in [-0.2, -0.15) is 0 Å². The lowest BCUT2D eigenvalue weighted by atomic mass is 10.1. The van der Waals surface area contributed by atoms with E-state index < -0.39 is 0 Å². The fraction of sp³-hybridized carbons (Fsp3) is 0.154. The van der Waals surface area contributed by atoms with Crippen molar-refractivity contribution in [3.05, 3.63) is 53.6 Å². The van der Waals surface area contributed by atoms with Crippen molar-refractivity contribution < 1.29 is 4.79 Å². The molecule has 0 radical (unpaired) electrons. The molecule has 0 fully saturated rings. The Hall–Kier alpha value is -2.01. The summed E-state index contributed by atoms with van der Waals surface area (Å²) in [7, 11) is 0. The molecule has 0 aliphatic rings. The summed E-state index contributed by atoms with van der Waals surface area (Å²) in [5.74, 6) is 0.173. The molecule has 4 nitrogen and oxygen atoms in total. The molecule has 0 N–H and O–H groups in total. The Morgan fingerprint density at radius 2 is 2.11 bits per heavy atom. The number of imidazole rings is 1. The van der Waals surface area contributed by atoms with Crippen LogP contribution >= 0.6 is 11.3 Å². The van der Waals surface area contributed by atoms with Crippen LogP contribution < -0.4 is 0 Å². The number of nitrogens with zero attached hydrogens (tertiary/aromatic N) is 3. The molecule has 3 heterocycles. The summed E-state index contributed by atoms with van der Waals surface area (Å²) in [6, 6.07) is 3.73. The number of fused-ring (bicyclic) bond motifs is 1. The van der Waals surface area contributed by atoms with E-state index in [1.807, 2.05) is 34.3 Å². The lowest BCUT2D eigenvalue weighted by Crippen LogP contribution is -2.06. The summed E-state index contributed by atoms with van der Waals surface area (Å²) >= 11 is 1.57. The number of thiazole rings is 1. The Balaban J connectivity index is 1.69. The van der Waals surface area contributed by atoms with Crippen LogP contribution in [0.3, 0.4) is 0 Å². The summed E-state index contributed by atoms with van der Waals surface area (Å²) in [5.41, 5.74) is 1.83. The second-order valence-electron chi connectivity index (χ2n) is 4.07. The molecule has 18 heavy (non-hydrogen) atoms. The summed E-state index contributed by atoms with van der Waals surface area (Å²) in [6.07, 6.45) is 8.09. The number of hydrogen-bond acceptors (Lipinski definition) is 4. The summed E-state index contributed by atoms with van der Waals surface area (Å²) in [4.78, 5) is 21.2. The topological polar surface area (TPSA) is 47.3 Å². The molecule has 0 aromatic carbocycles. The third-order valence-corrected chi connectivity index (χ3v) is 3.44. The predicted octanol–water partition coefficient (Wildman–Crippen LogP) is 2.15. The number of hydrogen-bond donors (Lipinski definition) is 0. The van der Waals surface area contributed by atoms with Crippen LogP contribution in [0.15, 0.2) is 42.3 Å². The van der Waals surface area contributed by atoms with Crippen molar-refractivity contribution in [2.24, 2.45) is 0 Å². The first-order valence-corrected chi connectivity index (χ1v) is 6.51. The highest BCUT2D eigenvalue weighted by Gasteiger charge is 2.09. The molecule has 0 amide bonds. The van der Waals surface area contributed by atoms with Crippen molar-refractivity contribution in [1.82, 2.24) is 14.4 Å². The van der Waals surface area contributed by atoms with E-state index in [4.69, 9.17) is 0 Å². The Kier molecular flexibility index (Phi) is 2.90. The number of rotatable bonds is 4. The first-order chi connectivity index (χ1) is 8.81. The van der Waals surface area contributed by atoms with E-state index in [9.17, 15) is 4.79 Å². The van der Waals surface area contributed by atoms with Gasteiger partial charge in [-0.05, 0) is 17.7 Å². The van der Waals surface area contributed by atoms with Crippen molar-refractivity contribution in [1.29, 1.82) is 0 Å². The van der Waals surface area contributed by atoms with E-state index in [2.05, 4.69) is 9.97 Å². The Labute approximate surface area is 108 Å². The van der Waals surface area contributed by atoms with Gasteiger partial charge in [0.1, 0.15) is 5.78 Å². The van der Waals surface area contributed by atoms with Gasteiger partial charge >= 0.3 is 0 Å². The quantitative estimate of drug-likeness (QED) is 0.719. The van der Waals surface area contributed by atoms with Crippen LogP contribution in [-0.2, 0) is 17.6 Å². The molecule has 3 aromatic heterocycles. The number of ketones is 1. The van der Waals surface area contributed by atoms with Crippen LogP contribution in [0.5, 0.6) is 0 Å². The predicted molar refractivity (Wildman–Crippen MR) is 69.7 cm³/mol. The minimum absolute atomic E-state index is 0.173. The van der Waals surface area contributed by atoms with Gasteiger partial charge in [-0.1, -0.05) is 0 Å². The molecule has 5 heteroatoms. The van der Waals surface area contributed by atoms with Crippen molar-refractivity contribution in [2.45, 2.75) is 12.8 Å². The highest BCUT2D eigenvalue weighted by molar-refractivity contribution is 7.15. The smallest absolute Gasteiger partial charge is 0.193 e. The van der Waals surface area contributed by atoms with Gasteiger partial charge in [0, 0.05) is 36.6 Å². The first-order valence-electron chi connectivity index (χ1n) is 5.63. The minimum atomic E-state index is 0.173. The highest BCUT2D eigenvalue weighted by atomic mass is 32.1.